The average molecular weight is 176 g/mol. The summed E-state index contributed by atoms with van der Waals surface area (Å²) in [5.41, 5.74) is 2.57. The van der Waals surface area contributed by atoms with Crippen molar-refractivity contribution in [1.82, 2.24) is 0 Å². The Morgan fingerprint density at radius 3 is 1.40 bits per heavy atom. The summed E-state index contributed by atoms with van der Waals surface area (Å²) >= 11 is 0. The van der Waals surface area contributed by atoms with Crippen molar-refractivity contribution in [3.05, 3.63) is 0 Å². The molecule has 1 aliphatic heterocycles. The Hall–Kier alpha value is 0.354. The van der Waals surface area contributed by atoms with E-state index in [1.165, 1.54) is 11.3 Å². The molecule has 0 unspecified atom stereocenters. The first-order valence-electron chi connectivity index (χ1n) is 3.64. The molecule has 4 heteroatoms. The van der Waals surface area contributed by atoms with E-state index in [0.29, 0.717) is 0 Å². The van der Waals surface area contributed by atoms with Gasteiger partial charge in [-0.15, -0.1) is 0 Å². The summed E-state index contributed by atoms with van der Waals surface area (Å²) < 4.78 is 10.9. The molecule has 1 fully saturated rings. The lowest BCUT2D eigenvalue weighted by Gasteiger charge is -2.46. The SMILES string of the molecule is CO[Si]1(C)C[Si](C)(OC)C1. The van der Waals surface area contributed by atoms with Crippen LogP contribution >= 0.6 is 0 Å². The Bertz CT molecular complexity index is 118. The molecule has 1 rings (SSSR count). The zero-order valence-corrected chi connectivity index (χ0v) is 9.23. The van der Waals surface area contributed by atoms with E-state index in [0.717, 1.165) is 0 Å². The van der Waals surface area contributed by atoms with E-state index in [1.807, 2.05) is 14.2 Å². The number of hydrogen-bond donors (Lipinski definition) is 0. The van der Waals surface area contributed by atoms with Gasteiger partial charge in [-0.2, -0.15) is 0 Å². The zero-order chi connectivity index (χ0) is 7.83. The van der Waals surface area contributed by atoms with Crippen LogP contribution in [0, 0.1) is 0 Å². The summed E-state index contributed by atoms with van der Waals surface area (Å²) in [7, 11) is 1.31. The Kier molecular flexibility index (Phi) is 2.06. The molecular weight excluding hydrogens is 160 g/mol. The monoisotopic (exact) mass is 176 g/mol. The minimum absolute atomic E-state index is 1.19. The van der Waals surface area contributed by atoms with Crippen LogP contribution in [0.5, 0.6) is 0 Å². The van der Waals surface area contributed by atoms with Gasteiger partial charge in [-0.3, -0.25) is 0 Å². The molecule has 1 saturated heterocycles. The molecule has 0 aromatic carbocycles. The molecule has 60 valence electrons. The summed E-state index contributed by atoms with van der Waals surface area (Å²) in [6.45, 7) is 4.58. The molecule has 0 amide bonds. The van der Waals surface area contributed by atoms with Gasteiger partial charge >= 0.3 is 0 Å². The third kappa shape index (κ3) is 1.34. The van der Waals surface area contributed by atoms with Crippen molar-refractivity contribution < 1.29 is 8.85 Å². The highest BCUT2D eigenvalue weighted by molar-refractivity contribution is 7.07. The highest BCUT2D eigenvalue weighted by atomic mass is 28.5. The summed E-state index contributed by atoms with van der Waals surface area (Å²) in [5, 5.41) is 0. The molecule has 2 nitrogen and oxygen atoms in total. The highest BCUT2D eigenvalue weighted by Gasteiger charge is 2.54. The van der Waals surface area contributed by atoms with E-state index in [4.69, 9.17) is 8.85 Å². The van der Waals surface area contributed by atoms with E-state index in [-0.39, 0.29) is 0 Å². The molecule has 0 spiro atoms. The van der Waals surface area contributed by atoms with Crippen LogP contribution < -0.4 is 0 Å². The molecule has 1 aliphatic rings. The van der Waals surface area contributed by atoms with Crippen LogP contribution in [-0.2, 0) is 8.85 Å². The van der Waals surface area contributed by atoms with Gasteiger partial charge in [0, 0.05) is 14.2 Å². The van der Waals surface area contributed by atoms with Crippen molar-refractivity contribution in [1.29, 1.82) is 0 Å². The molecule has 0 atom stereocenters. The molecule has 0 aromatic heterocycles. The van der Waals surface area contributed by atoms with E-state index in [1.54, 1.807) is 0 Å². The molecule has 0 aromatic rings. The van der Waals surface area contributed by atoms with Gasteiger partial charge in [0.1, 0.15) is 0 Å². The van der Waals surface area contributed by atoms with E-state index in [2.05, 4.69) is 13.1 Å². The second kappa shape index (κ2) is 2.44. The lowest BCUT2D eigenvalue weighted by molar-refractivity contribution is 0.361. The van der Waals surface area contributed by atoms with Crippen LogP contribution in [0.15, 0.2) is 0 Å². The number of rotatable bonds is 2. The predicted molar refractivity (Wildman–Crippen MR) is 46.9 cm³/mol. The molecule has 0 bridgehead atoms. The topological polar surface area (TPSA) is 18.5 Å². The summed E-state index contributed by atoms with van der Waals surface area (Å²) in [6, 6.07) is 0. The van der Waals surface area contributed by atoms with Crippen LogP contribution in [0.4, 0.5) is 0 Å². The fourth-order valence-corrected chi connectivity index (χ4v) is 16.4. The van der Waals surface area contributed by atoms with Gasteiger partial charge in [0.15, 0.2) is 16.6 Å². The van der Waals surface area contributed by atoms with Gasteiger partial charge in [-0.05, 0) is 24.4 Å². The van der Waals surface area contributed by atoms with E-state index < -0.39 is 16.6 Å². The highest BCUT2D eigenvalue weighted by Crippen LogP contribution is 2.40. The second-order valence-electron chi connectivity index (χ2n) is 3.66. The van der Waals surface area contributed by atoms with Gasteiger partial charge in [-0.1, -0.05) is 0 Å². The quantitative estimate of drug-likeness (QED) is 0.594. The molecule has 10 heavy (non-hydrogen) atoms. The first-order chi connectivity index (χ1) is 4.54. The van der Waals surface area contributed by atoms with Crippen LogP contribution in [0.2, 0.25) is 24.4 Å². The zero-order valence-electron chi connectivity index (χ0n) is 7.23. The van der Waals surface area contributed by atoms with Crippen molar-refractivity contribution in [2.75, 3.05) is 14.2 Å². The fourth-order valence-electron chi connectivity index (χ4n) is 1.82. The van der Waals surface area contributed by atoms with Gasteiger partial charge in [-0.25, -0.2) is 0 Å². The Morgan fingerprint density at radius 2 is 1.20 bits per heavy atom. The molecule has 0 aliphatic carbocycles. The van der Waals surface area contributed by atoms with Gasteiger partial charge in [0.05, 0.1) is 0 Å². The summed E-state index contributed by atoms with van der Waals surface area (Å²) in [6.07, 6.45) is 0. The van der Waals surface area contributed by atoms with Crippen LogP contribution in [0.25, 0.3) is 0 Å². The largest absolute Gasteiger partial charge is 0.421 e. The lowest BCUT2D eigenvalue weighted by Crippen LogP contribution is -2.61. The summed E-state index contributed by atoms with van der Waals surface area (Å²) in [5.74, 6) is 0. The first-order valence-corrected chi connectivity index (χ1v) is 9.28. The van der Waals surface area contributed by atoms with Gasteiger partial charge < -0.3 is 8.85 Å². The Balaban J connectivity index is 2.42. The smallest absolute Gasteiger partial charge is 0.188 e. The predicted octanol–water partition coefficient (Wildman–Crippen LogP) is 1.52. The molecule has 0 N–H and O–H groups in total. The van der Waals surface area contributed by atoms with Gasteiger partial charge in [0.25, 0.3) is 0 Å². The van der Waals surface area contributed by atoms with Crippen LogP contribution in [-0.4, -0.2) is 30.9 Å². The third-order valence-electron chi connectivity index (χ3n) is 2.48. The number of hydrogen-bond acceptors (Lipinski definition) is 2. The first kappa shape index (κ1) is 8.45. The normalized spacial score (nSPS) is 46.8. The Morgan fingerprint density at radius 1 is 0.900 bits per heavy atom. The maximum absolute atomic E-state index is 5.46. The van der Waals surface area contributed by atoms with E-state index in [9.17, 15) is 0 Å². The van der Waals surface area contributed by atoms with Crippen LogP contribution in [0.1, 0.15) is 0 Å². The minimum atomic E-state index is -1.19. The van der Waals surface area contributed by atoms with Crippen molar-refractivity contribution in [3.8, 4) is 0 Å². The van der Waals surface area contributed by atoms with Crippen molar-refractivity contribution in [3.63, 3.8) is 0 Å². The van der Waals surface area contributed by atoms with Crippen molar-refractivity contribution in [2.45, 2.75) is 24.4 Å². The van der Waals surface area contributed by atoms with Crippen molar-refractivity contribution in [2.24, 2.45) is 0 Å². The maximum Gasteiger partial charge on any atom is 0.188 e. The minimum Gasteiger partial charge on any atom is -0.421 e. The molecule has 1 heterocycles. The standard InChI is InChI=1S/C6H16O2Si2/c1-7-9(3)5-10(4,6-9)8-2/h5-6H2,1-4H3. The average Bonchev–Trinajstić information content (AvgIpc) is 1.85. The van der Waals surface area contributed by atoms with Gasteiger partial charge in [0.2, 0.25) is 0 Å². The third-order valence-corrected chi connectivity index (χ3v) is 16.4. The van der Waals surface area contributed by atoms with Crippen LogP contribution in [0.3, 0.4) is 0 Å². The second-order valence-corrected chi connectivity index (χ2v) is 13.1. The summed E-state index contributed by atoms with van der Waals surface area (Å²) in [4.78, 5) is 0. The fraction of sp³-hybridized carbons (Fsp3) is 1.00. The molecule has 0 saturated carbocycles. The van der Waals surface area contributed by atoms with Crippen molar-refractivity contribution >= 4 is 16.6 Å². The maximum atomic E-state index is 5.46. The van der Waals surface area contributed by atoms with E-state index >= 15 is 0 Å². The Labute approximate surface area is 64.8 Å². The molecule has 0 radical (unpaired) electrons. The lowest BCUT2D eigenvalue weighted by atomic mass is 11.7. The molecular formula is C6H16O2Si2.